The van der Waals surface area contributed by atoms with Crippen LogP contribution < -0.4 is 5.48 Å². The summed E-state index contributed by atoms with van der Waals surface area (Å²) in [5, 5.41) is 8.99. The smallest absolute Gasteiger partial charge is 0.263 e. The maximum absolute atomic E-state index is 12.0. The first kappa shape index (κ1) is 15.7. The van der Waals surface area contributed by atoms with Crippen molar-refractivity contribution in [2.75, 3.05) is 12.3 Å². The number of hydrogen-bond acceptors (Lipinski definition) is 5. The lowest BCUT2D eigenvalue weighted by Gasteiger charge is -2.43. The minimum atomic E-state index is -0.363. The second-order valence-electron chi connectivity index (χ2n) is 5.38. The van der Waals surface area contributed by atoms with Crippen LogP contribution in [0.5, 0.6) is 0 Å². The lowest BCUT2D eigenvalue weighted by atomic mass is 10.0. The average molecular weight is 312 g/mol. The van der Waals surface area contributed by atoms with E-state index in [0.29, 0.717) is 0 Å². The molecular formula is C14H20N2O2S2. The molecule has 0 radical (unpaired) electrons. The molecule has 1 saturated heterocycles. The van der Waals surface area contributed by atoms with Gasteiger partial charge in [-0.2, -0.15) is 11.8 Å². The molecule has 1 aliphatic heterocycles. The maximum Gasteiger partial charge on any atom is 0.263 e. The van der Waals surface area contributed by atoms with E-state index in [4.69, 9.17) is 5.21 Å². The number of hydrogen-bond donors (Lipinski definition) is 2. The number of hydroxylamine groups is 1. The minimum absolute atomic E-state index is 0.233. The Morgan fingerprint density at radius 3 is 2.70 bits per heavy atom. The Kier molecular flexibility index (Phi) is 5.01. The van der Waals surface area contributed by atoms with Gasteiger partial charge in [-0.05, 0) is 44.9 Å². The molecule has 1 aromatic rings. The zero-order chi connectivity index (χ0) is 14.8. The Labute approximate surface area is 128 Å². The van der Waals surface area contributed by atoms with E-state index in [-0.39, 0.29) is 16.7 Å². The molecule has 1 unspecified atom stereocenters. The average Bonchev–Trinajstić information content (AvgIpc) is 2.40. The van der Waals surface area contributed by atoms with Gasteiger partial charge in [-0.3, -0.25) is 10.0 Å². The molecule has 20 heavy (non-hydrogen) atoms. The number of nitrogens with zero attached hydrogens (tertiary/aromatic N) is 1. The van der Waals surface area contributed by atoms with E-state index in [2.05, 4.69) is 35.5 Å². The van der Waals surface area contributed by atoms with Gasteiger partial charge in [0.15, 0.2) is 0 Å². The Bertz CT molecular complexity index is 477. The molecule has 1 amide bonds. The highest BCUT2D eigenvalue weighted by Gasteiger charge is 2.43. The van der Waals surface area contributed by atoms with Crippen LogP contribution in [0, 0.1) is 6.92 Å². The van der Waals surface area contributed by atoms with Gasteiger partial charge in [0.05, 0.1) is 0 Å². The molecule has 1 heterocycles. The number of carbonyl (C=O) groups is 1. The standard InChI is InChI=1S/C14H20N2O2S2/c1-10-4-6-11(7-5-10)20-16-8-9-19-14(2,3)12(16)13(17)15-18/h4-7,12,18H,8-9H2,1-3H3,(H,15,17). The second-order valence-corrected chi connectivity index (χ2v) is 8.25. The Morgan fingerprint density at radius 1 is 1.45 bits per heavy atom. The summed E-state index contributed by atoms with van der Waals surface area (Å²) < 4.78 is 1.83. The van der Waals surface area contributed by atoms with Gasteiger partial charge in [-0.25, -0.2) is 9.79 Å². The lowest BCUT2D eigenvalue weighted by molar-refractivity contribution is -0.133. The molecule has 1 aliphatic rings. The SMILES string of the molecule is Cc1ccc(SN2CCSC(C)(C)C2C(=O)NO)cc1. The monoisotopic (exact) mass is 312 g/mol. The van der Waals surface area contributed by atoms with Crippen LogP contribution in [0.2, 0.25) is 0 Å². The van der Waals surface area contributed by atoms with E-state index in [1.54, 1.807) is 23.7 Å². The highest BCUT2D eigenvalue weighted by atomic mass is 32.2. The maximum atomic E-state index is 12.0. The molecule has 2 N–H and O–H groups in total. The summed E-state index contributed by atoms with van der Waals surface area (Å²) in [5.74, 6) is 0.628. The first-order chi connectivity index (χ1) is 9.44. The van der Waals surface area contributed by atoms with Crippen LogP contribution in [0.3, 0.4) is 0 Å². The van der Waals surface area contributed by atoms with Crippen LogP contribution in [-0.2, 0) is 4.79 Å². The van der Waals surface area contributed by atoms with E-state index in [0.717, 1.165) is 17.2 Å². The van der Waals surface area contributed by atoms with Gasteiger partial charge >= 0.3 is 0 Å². The molecule has 110 valence electrons. The van der Waals surface area contributed by atoms with Crippen molar-refractivity contribution in [1.82, 2.24) is 9.79 Å². The van der Waals surface area contributed by atoms with Gasteiger partial charge in [0.1, 0.15) is 6.04 Å². The molecule has 6 heteroatoms. The van der Waals surface area contributed by atoms with Gasteiger partial charge in [-0.15, -0.1) is 0 Å². The van der Waals surface area contributed by atoms with Crippen molar-refractivity contribution in [1.29, 1.82) is 0 Å². The van der Waals surface area contributed by atoms with Crippen LogP contribution in [-0.4, -0.2) is 38.5 Å². The molecule has 0 bridgehead atoms. The van der Waals surface area contributed by atoms with Crippen molar-refractivity contribution >= 4 is 29.6 Å². The van der Waals surface area contributed by atoms with Crippen LogP contribution in [0.4, 0.5) is 0 Å². The second kappa shape index (κ2) is 6.39. The van der Waals surface area contributed by atoms with Gasteiger partial charge in [0, 0.05) is 21.9 Å². The predicted molar refractivity (Wildman–Crippen MR) is 84.0 cm³/mol. The minimum Gasteiger partial charge on any atom is -0.289 e. The fourth-order valence-electron chi connectivity index (χ4n) is 2.29. The molecule has 0 aliphatic carbocycles. The first-order valence-corrected chi connectivity index (χ1v) is 8.29. The van der Waals surface area contributed by atoms with E-state index in [1.165, 1.54) is 5.56 Å². The molecule has 1 fully saturated rings. The Balaban J connectivity index is 2.19. The summed E-state index contributed by atoms with van der Waals surface area (Å²) in [6.07, 6.45) is 0. The van der Waals surface area contributed by atoms with Crippen LogP contribution >= 0.6 is 23.7 Å². The highest BCUT2D eigenvalue weighted by molar-refractivity contribution is 8.01. The van der Waals surface area contributed by atoms with Crippen LogP contribution in [0.1, 0.15) is 19.4 Å². The van der Waals surface area contributed by atoms with Crippen molar-refractivity contribution in [2.24, 2.45) is 0 Å². The van der Waals surface area contributed by atoms with Gasteiger partial charge in [0.2, 0.25) is 0 Å². The van der Waals surface area contributed by atoms with Crippen molar-refractivity contribution in [3.05, 3.63) is 29.8 Å². The normalized spacial score (nSPS) is 22.5. The number of carbonyl (C=O) groups excluding carboxylic acids is 1. The van der Waals surface area contributed by atoms with E-state index in [9.17, 15) is 4.79 Å². The predicted octanol–water partition coefficient (Wildman–Crippen LogP) is 2.70. The van der Waals surface area contributed by atoms with Crippen LogP contribution in [0.25, 0.3) is 0 Å². The van der Waals surface area contributed by atoms with Gasteiger partial charge in [-0.1, -0.05) is 17.7 Å². The fourth-order valence-corrected chi connectivity index (χ4v) is 4.86. The highest BCUT2D eigenvalue weighted by Crippen LogP contribution is 2.40. The third-order valence-electron chi connectivity index (χ3n) is 3.33. The summed E-state index contributed by atoms with van der Waals surface area (Å²) in [5.41, 5.74) is 3.02. The largest absolute Gasteiger partial charge is 0.289 e. The van der Waals surface area contributed by atoms with E-state index >= 15 is 0 Å². The third-order valence-corrected chi connectivity index (χ3v) is 5.80. The molecule has 1 aromatic carbocycles. The molecular weight excluding hydrogens is 292 g/mol. The number of rotatable bonds is 3. The van der Waals surface area contributed by atoms with Gasteiger partial charge < -0.3 is 0 Å². The number of benzene rings is 1. The number of nitrogens with one attached hydrogen (secondary N) is 1. The molecule has 4 nitrogen and oxygen atoms in total. The van der Waals surface area contributed by atoms with E-state index < -0.39 is 0 Å². The van der Waals surface area contributed by atoms with Crippen molar-refractivity contribution in [2.45, 2.75) is 36.5 Å². The number of amides is 1. The number of thioether (sulfide) groups is 1. The summed E-state index contributed by atoms with van der Waals surface area (Å²) in [6, 6.07) is 7.88. The quantitative estimate of drug-likeness (QED) is 0.510. The molecule has 1 atom stereocenters. The van der Waals surface area contributed by atoms with Gasteiger partial charge in [0.25, 0.3) is 5.91 Å². The van der Waals surface area contributed by atoms with Crippen molar-refractivity contribution in [3.63, 3.8) is 0 Å². The Hall–Kier alpha value is -0.690. The first-order valence-electron chi connectivity index (χ1n) is 6.53. The van der Waals surface area contributed by atoms with Crippen LogP contribution in [0.15, 0.2) is 29.2 Å². The molecule has 0 spiro atoms. The zero-order valence-electron chi connectivity index (χ0n) is 11.9. The van der Waals surface area contributed by atoms with Crippen molar-refractivity contribution in [3.8, 4) is 0 Å². The molecule has 2 rings (SSSR count). The molecule has 0 saturated carbocycles. The summed E-state index contributed by atoms with van der Waals surface area (Å²) in [4.78, 5) is 13.1. The third kappa shape index (κ3) is 3.49. The topological polar surface area (TPSA) is 52.6 Å². The zero-order valence-corrected chi connectivity index (χ0v) is 13.6. The molecule has 0 aromatic heterocycles. The lowest BCUT2D eigenvalue weighted by Crippen LogP contribution is -2.57. The van der Waals surface area contributed by atoms with Crippen molar-refractivity contribution < 1.29 is 10.0 Å². The Morgan fingerprint density at radius 2 is 2.10 bits per heavy atom. The summed E-state index contributed by atoms with van der Waals surface area (Å²) in [6.45, 7) is 6.95. The van der Waals surface area contributed by atoms with E-state index in [1.807, 2.05) is 19.3 Å². The fraction of sp³-hybridized carbons (Fsp3) is 0.500. The number of aryl methyl sites for hydroxylation is 1. The summed E-state index contributed by atoms with van der Waals surface area (Å²) in [7, 11) is 0. The summed E-state index contributed by atoms with van der Waals surface area (Å²) >= 11 is 3.34.